The molecule has 0 spiro atoms. The average molecular weight is 319 g/mol. The predicted octanol–water partition coefficient (Wildman–Crippen LogP) is 2.88. The molecule has 114 valence electrons. The maximum Gasteiger partial charge on any atom is 0.412 e. The van der Waals surface area contributed by atoms with Crippen molar-refractivity contribution >= 4 is 23.4 Å². The van der Waals surface area contributed by atoms with Crippen LogP contribution in [-0.4, -0.2) is 36.1 Å². The first-order valence-electron chi connectivity index (χ1n) is 7.13. The van der Waals surface area contributed by atoms with E-state index in [2.05, 4.69) is 17.0 Å². The van der Waals surface area contributed by atoms with Crippen molar-refractivity contribution in [2.45, 2.75) is 19.6 Å². The van der Waals surface area contributed by atoms with E-state index in [4.69, 9.17) is 21.2 Å². The topological polar surface area (TPSA) is 51.1 Å². The molecule has 5 nitrogen and oxygen atoms in total. The molecule has 0 aliphatic carbocycles. The van der Waals surface area contributed by atoms with Gasteiger partial charge in [0.05, 0.1) is 12.5 Å². The van der Waals surface area contributed by atoms with Gasteiger partial charge >= 0.3 is 6.09 Å². The smallest absolute Gasteiger partial charge is 0.412 e. The Morgan fingerprint density at radius 1 is 1.55 bits per heavy atom. The molecule has 1 fully saturated rings. The van der Waals surface area contributed by atoms with Crippen molar-refractivity contribution in [3.63, 3.8) is 0 Å². The van der Waals surface area contributed by atoms with Gasteiger partial charge in [0.2, 0.25) is 6.23 Å². The van der Waals surface area contributed by atoms with Crippen molar-refractivity contribution in [2.24, 2.45) is 11.1 Å². The van der Waals surface area contributed by atoms with E-state index < -0.39 is 6.23 Å². The van der Waals surface area contributed by atoms with Crippen LogP contribution in [0.2, 0.25) is 5.02 Å². The molecule has 1 saturated heterocycles. The molecule has 2 aliphatic rings. The van der Waals surface area contributed by atoms with Crippen molar-refractivity contribution in [2.75, 3.05) is 13.2 Å². The highest BCUT2D eigenvalue weighted by Gasteiger charge is 2.45. The highest BCUT2D eigenvalue weighted by molar-refractivity contribution is 6.30. The van der Waals surface area contributed by atoms with Crippen molar-refractivity contribution < 1.29 is 14.4 Å². The summed E-state index contributed by atoms with van der Waals surface area (Å²) >= 11 is 5.93. The average Bonchev–Trinajstić information content (AvgIpc) is 3.07. The molecule has 0 bridgehead atoms. The highest BCUT2D eigenvalue weighted by atomic mass is 35.5. The van der Waals surface area contributed by atoms with E-state index >= 15 is 0 Å². The van der Waals surface area contributed by atoms with E-state index in [9.17, 15) is 4.79 Å². The summed E-state index contributed by atoms with van der Waals surface area (Å²) in [4.78, 5) is 18.8. The molecule has 22 heavy (non-hydrogen) atoms. The maximum absolute atomic E-state index is 11.8. The highest BCUT2D eigenvalue weighted by Crippen LogP contribution is 2.31. The summed E-state index contributed by atoms with van der Waals surface area (Å²) in [5.41, 5.74) is 1.48. The van der Waals surface area contributed by atoms with Crippen LogP contribution < -0.4 is 0 Å². The molecule has 1 aromatic rings. The number of hydrogen-bond acceptors (Lipinski definition) is 4. The Bertz CT molecular complexity index is 677. The monoisotopic (exact) mass is 318 g/mol. The number of ether oxygens (including phenoxy) is 1. The van der Waals surface area contributed by atoms with Gasteiger partial charge in [-0.2, -0.15) is 0 Å². The predicted molar refractivity (Wildman–Crippen MR) is 82.5 cm³/mol. The molecule has 0 aromatic heterocycles. The van der Waals surface area contributed by atoms with Crippen molar-refractivity contribution in [3.05, 3.63) is 34.9 Å². The largest absolute Gasteiger partial charge is 0.450 e. The fourth-order valence-corrected chi connectivity index (χ4v) is 2.76. The van der Waals surface area contributed by atoms with E-state index in [0.717, 1.165) is 12.0 Å². The van der Waals surface area contributed by atoms with E-state index in [1.807, 2.05) is 12.1 Å². The van der Waals surface area contributed by atoms with E-state index in [0.29, 0.717) is 23.9 Å². The molecule has 1 aromatic carbocycles. The molecule has 2 unspecified atom stereocenters. The molecule has 3 rings (SSSR count). The standard InChI is InChI=1S/C16H15ClN2O3/c1-2-21-16(20)19-9-8-13-14(18-22-15(13)19)7-6-11-4-3-5-12(17)10-11/h3-5,10,13,15H,2,8-9H2,1H3. The SMILES string of the molecule is CCOC(=O)N1CCC2C(C#Cc3cccc(Cl)c3)=NOC21. The number of fused-ring (bicyclic) bond motifs is 1. The summed E-state index contributed by atoms with van der Waals surface area (Å²) in [6.45, 7) is 2.71. The van der Waals surface area contributed by atoms with Crippen LogP contribution in [0.25, 0.3) is 0 Å². The Kier molecular flexibility index (Phi) is 4.21. The van der Waals surface area contributed by atoms with Gasteiger partial charge in [0, 0.05) is 17.1 Å². The number of hydrogen-bond donors (Lipinski definition) is 0. The van der Waals surface area contributed by atoms with Crippen LogP contribution in [0.4, 0.5) is 4.79 Å². The zero-order chi connectivity index (χ0) is 15.5. The summed E-state index contributed by atoms with van der Waals surface area (Å²) in [6.07, 6.45) is 0.00367. The molecule has 2 aliphatic heterocycles. The van der Waals surface area contributed by atoms with Crippen LogP contribution in [0.3, 0.4) is 0 Å². The van der Waals surface area contributed by atoms with Gasteiger partial charge in [-0.1, -0.05) is 28.7 Å². The van der Waals surface area contributed by atoms with E-state index in [-0.39, 0.29) is 12.0 Å². The quantitative estimate of drug-likeness (QED) is 0.748. The Balaban J connectivity index is 1.71. The third kappa shape index (κ3) is 2.88. The van der Waals surface area contributed by atoms with Gasteiger partial charge in [-0.05, 0) is 37.5 Å². The third-order valence-electron chi connectivity index (χ3n) is 3.60. The normalized spacial score (nSPS) is 22.3. The molecule has 1 amide bonds. The van der Waals surface area contributed by atoms with Gasteiger partial charge in [-0.3, -0.25) is 4.90 Å². The molecule has 0 radical (unpaired) electrons. The lowest BCUT2D eigenvalue weighted by molar-refractivity contribution is -0.0241. The van der Waals surface area contributed by atoms with Gasteiger partial charge in [0.15, 0.2) is 0 Å². The summed E-state index contributed by atoms with van der Waals surface area (Å²) in [7, 11) is 0. The van der Waals surface area contributed by atoms with Gasteiger partial charge in [0.25, 0.3) is 0 Å². The van der Waals surface area contributed by atoms with Crippen LogP contribution in [0, 0.1) is 17.8 Å². The summed E-state index contributed by atoms with van der Waals surface area (Å²) in [5, 5.41) is 4.65. The molecule has 0 saturated carbocycles. The number of carbonyl (C=O) groups is 1. The van der Waals surface area contributed by atoms with Crippen LogP contribution in [-0.2, 0) is 9.57 Å². The van der Waals surface area contributed by atoms with Gasteiger partial charge in [-0.15, -0.1) is 0 Å². The van der Waals surface area contributed by atoms with Gasteiger partial charge < -0.3 is 9.57 Å². The number of oxime groups is 1. The van der Waals surface area contributed by atoms with Crippen LogP contribution in [0.5, 0.6) is 0 Å². The first-order valence-corrected chi connectivity index (χ1v) is 7.51. The Morgan fingerprint density at radius 3 is 3.18 bits per heavy atom. The van der Waals surface area contributed by atoms with E-state index in [1.165, 1.54) is 0 Å². The number of carbonyl (C=O) groups excluding carboxylic acids is 1. The van der Waals surface area contributed by atoms with Crippen molar-refractivity contribution in [1.29, 1.82) is 0 Å². The van der Waals surface area contributed by atoms with Crippen LogP contribution >= 0.6 is 11.6 Å². The minimum Gasteiger partial charge on any atom is -0.450 e. The first-order chi connectivity index (χ1) is 10.7. The molecular formula is C16H15ClN2O3. The molecule has 2 heterocycles. The van der Waals surface area contributed by atoms with E-state index in [1.54, 1.807) is 24.0 Å². The zero-order valence-corrected chi connectivity index (χ0v) is 12.8. The fraction of sp³-hybridized carbons (Fsp3) is 0.375. The second-order valence-corrected chi connectivity index (χ2v) is 5.46. The number of benzene rings is 1. The van der Waals surface area contributed by atoms with Crippen LogP contribution in [0.15, 0.2) is 29.4 Å². The molecule has 0 N–H and O–H groups in total. The zero-order valence-electron chi connectivity index (χ0n) is 12.1. The fourth-order valence-electron chi connectivity index (χ4n) is 2.57. The minimum absolute atomic E-state index is 0.0103. The van der Waals surface area contributed by atoms with Crippen LogP contribution in [0.1, 0.15) is 18.9 Å². The second-order valence-electron chi connectivity index (χ2n) is 5.02. The van der Waals surface area contributed by atoms with Crippen molar-refractivity contribution in [1.82, 2.24) is 4.90 Å². The number of amides is 1. The Labute approximate surface area is 133 Å². The maximum atomic E-state index is 11.8. The number of nitrogens with zero attached hydrogens (tertiary/aromatic N) is 2. The van der Waals surface area contributed by atoms with Gasteiger partial charge in [-0.25, -0.2) is 4.79 Å². The molecule has 6 heteroatoms. The lowest BCUT2D eigenvalue weighted by Gasteiger charge is -2.20. The van der Waals surface area contributed by atoms with Crippen molar-refractivity contribution in [3.8, 4) is 11.8 Å². The van der Waals surface area contributed by atoms with Gasteiger partial charge in [0.1, 0.15) is 5.71 Å². The Hall–Kier alpha value is -2.19. The minimum atomic E-state index is -0.400. The summed E-state index contributed by atoms with van der Waals surface area (Å²) in [6, 6.07) is 7.32. The summed E-state index contributed by atoms with van der Waals surface area (Å²) in [5.74, 6) is 6.07. The third-order valence-corrected chi connectivity index (χ3v) is 3.84. The summed E-state index contributed by atoms with van der Waals surface area (Å²) < 4.78 is 5.02. The molecule has 2 atom stereocenters. The Morgan fingerprint density at radius 2 is 2.41 bits per heavy atom. The lowest BCUT2D eigenvalue weighted by Crippen LogP contribution is -2.38. The number of likely N-dealkylation sites (tertiary alicyclic amines) is 1. The second kappa shape index (κ2) is 6.29. The molecular weight excluding hydrogens is 304 g/mol. The number of rotatable bonds is 1. The first kappa shape index (κ1) is 14.7. The number of halogens is 1. The lowest BCUT2D eigenvalue weighted by atomic mass is 10.0.